The topological polar surface area (TPSA) is 84.0 Å². The van der Waals surface area contributed by atoms with Crippen molar-refractivity contribution in [3.63, 3.8) is 0 Å². The number of unbranched alkanes of at least 4 members (excludes halogenated alkanes) is 1. The van der Waals surface area contributed by atoms with Crippen molar-refractivity contribution < 1.29 is 14.3 Å². The Labute approximate surface area is 165 Å². The summed E-state index contributed by atoms with van der Waals surface area (Å²) in [5.74, 6) is 0.849. The molecule has 0 saturated heterocycles. The monoisotopic (exact) mass is 384 g/mol. The zero-order valence-electron chi connectivity index (χ0n) is 17.4. The highest BCUT2D eigenvalue weighted by Gasteiger charge is 2.15. The van der Waals surface area contributed by atoms with E-state index >= 15 is 0 Å². The lowest BCUT2D eigenvalue weighted by Crippen LogP contribution is -2.41. The molecule has 0 aliphatic heterocycles. The fraction of sp³-hybridized carbons (Fsp3) is 0.900. The van der Waals surface area contributed by atoms with Gasteiger partial charge in [-0.2, -0.15) is 0 Å². The fourth-order valence-electron chi connectivity index (χ4n) is 2.97. The third kappa shape index (κ3) is 13.5. The van der Waals surface area contributed by atoms with Crippen molar-refractivity contribution in [3.05, 3.63) is 0 Å². The number of nitrogens with zero attached hydrogens (tertiary/aromatic N) is 1. The maximum absolute atomic E-state index is 12.0. The minimum Gasteiger partial charge on any atom is -0.379 e. The van der Waals surface area contributed by atoms with Gasteiger partial charge in [-0.25, -0.2) is 0 Å². The van der Waals surface area contributed by atoms with Crippen LogP contribution in [0.1, 0.15) is 65.2 Å². The lowest BCUT2D eigenvalue weighted by atomic mass is 9.95. The lowest BCUT2D eigenvalue weighted by Gasteiger charge is -2.22. The van der Waals surface area contributed by atoms with Crippen LogP contribution in [0.5, 0.6) is 0 Å². The van der Waals surface area contributed by atoms with Gasteiger partial charge >= 0.3 is 0 Å². The van der Waals surface area contributed by atoms with Gasteiger partial charge in [0.15, 0.2) is 5.96 Å². The molecule has 1 rings (SSSR count). The molecule has 1 amide bonds. The summed E-state index contributed by atoms with van der Waals surface area (Å²) in [7, 11) is 0. The molecule has 1 saturated carbocycles. The number of carbonyl (C=O) groups is 1. The molecule has 0 aromatic rings. The van der Waals surface area contributed by atoms with Crippen LogP contribution in [0, 0.1) is 0 Å². The van der Waals surface area contributed by atoms with Crippen LogP contribution in [0.25, 0.3) is 0 Å². The summed E-state index contributed by atoms with van der Waals surface area (Å²) >= 11 is 0. The van der Waals surface area contributed by atoms with Crippen molar-refractivity contribution in [2.24, 2.45) is 4.99 Å². The van der Waals surface area contributed by atoms with Gasteiger partial charge in [0.25, 0.3) is 0 Å². The van der Waals surface area contributed by atoms with Crippen LogP contribution in [0.15, 0.2) is 4.99 Å². The van der Waals surface area contributed by atoms with Crippen LogP contribution >= 0.6 is 0 Å². The molecule has 7 nitrogen and oxygen atoms in total. The molecule has 0 bridgehead atoms. The Balaban J connectivity index is 2.09. The number of rotatable bonds is 14. The maximum Gasteiger partial charge on any atom is 0.221 e. The van der Waals surface area contributed by atoms with E-state index in [0.29, 0.717) is 45.4 Å². The smallest absolute Gasteiger partial charge is 0.221 e. The van der Waals surface area contributed by atoms with E-state index in [4.69, 9.17) is 9.47 Å². The van der Waals surface area contributed by atoms with Crippen molar-refractivity contribution in [1.82, 2.24) is 16.0 Å². The molecule has 0 heterocycles. The molecule has 0 aromatic carbocycles. The Kier molecular flexibility index (Phi) is 14.8. The van der Waals surface area contributed by atoms with Gasteiger partial charge in [0.05, 0.1) is 26.4 Å². The molecule has 1 fully saturated rings. The molecule has 1 aliphatic carbocycles. The summed E-state index contributed by atoms with van der Waals surface area (Å²) in [5, 5.41) is 9.54. The molecular formula is C20H40N4O3. The van der Waals surface area contributed by atoms with Gasteiger partial charge in [0.1, 0.15) is 0 Å². The van der Waals surface area contributed by atoms with Gasteiger partial charge in [-0.15, -0.1) is 0 Å². The predicted molar refractivity (Wildman–Crippen MR) is 110 cm³/mol. The van der Waals surface area contributed by atoms with Crippen LogP contribution in [0.4, 0.5) is 0 Å². The summed E-state index contributed by atoms with van der Waals surface area (Å²) in [6.07, 6.45) is 8.71. The molecule has 0 radical (unpaired) electrons. The minimum atomic E-state index is 0.122. The number of amides is 1. The second-order valence-electron chi connectivity index (χ2n) is 6.92. The molecule has 0 unspecified atom stereocenters. The molecule has 3 N–H and O–H groups in total. The molecule has 158 valence electrons. The molecule has 0 atom stereocenters. The fourth-order valence-corrected chi connectivity index (χ4v) is 2.97. The van der Waals surface area contributed by atoms with Crippen LogP contribution in [0.3, 0.4) is 0 Å². The number of aliphatic imine (C=N–C) groups is 1. The summed E-state index contributed by atoms with van der Waals surface area (Å²) in [6, 6.07) is 0.372. The molecule has 7 heteroatoms. The highest BCUT2D eigenvalue weighted by Crippen LogP contribution is 2.17. The van der Waals surface area contributed by atoms with E-state index in [1.807, 2.05) is 6.92 Å². The van der Waals surface area contributed by atoms with Crippen LogP contribution in [-0.4, -0.2) is 64.0 Å². The molecule has 1 aliphatic rings. The van der Waals surface area contributed by atoms with E-state index in [2.05, 4.69) is 27.9 Å². The highest BCUT2D eigenvalue weighted by molar-refractivity contribution is 5.81. The van der Waals surface area contributed by atoms with Crippen molar-refractivity contribution in [1.29, 1.82) is 0 Å². The molecule has 0 aromatic heterocycles. The second kappa shape index (κ2) is 16.8. The Morgan fingerprint density at radius 3 is 2.44 bits per heavy atom. The number of guanidine groups is 1. The lowest BCUT2D eigenvalue weighted by molar-refractivity contribution is -0.121. The molecular weight excluding hydrogens is 344 g/mol. The summed E-state index contributed by atoms with van der Waals surface area (Å²) in [4.78, 5) is 16.5. The van der Waals surface area contributed by atoms with Gasteiger partial charge in [-0.1, -0.05) is 32.6 Å². The Morgan fingerprint density at radius 1 is 1.00 bits per heavy atom. The minimum absolute atomic E-state index is 0.122. The van der Waals surface area contributed by atoms with E-state index in [9.17, 15) is 4.79 Å². The zero-order chi connectivity index (χ0) is 19.6. The maximum atomic E-state index is 12.0. The van der Waals surface area contributed by atoms with E-state index in [1.54, 1.807) is 0 Å². The van der Waals surface area contributed by atoms with E-state index < -0.39 is 0 Å². The number of hydrogen-bond donors (Lipinski definition) is 3. The largest absolute Gasteiger partial charge is 0.379 e. The van der Waals surface area contributed by atoms with Crippen molar-refractivity contribution in [2.75, 3.05) is 46.1 Å². The number of carbonyl (C=O) groups excluding carboxylic acids is 1. The normalized spacial score (nSPS) is 15.6. The average Bonchev–Trinajstić information content (AvgIpc) is 2.67. The van der Waals surface area contributed by atoms with Gasteiger partial charge in [0.2, 0.25) is 5.91 Å². The Bertz CT molecular complexity index is 399. The summed E-state index contributed by atoms with van der Waals surface area (Å²) in [6.45, 7) is 8.73. The van der Waals surface area contributed by atoms with Crippen molar-refractivity contribution in [2.45, 2.75) is 71.3 Å². The van der Waals surface area contributed by atoms with Gasteiger partial charge < -0.3 is 25.4 Å². The standard InChI is InChI=1S/C20H40N4O3/c1-3-5-14-26-16-17-27-15-13-23-20(21-4-2)22-12-11-19(25)24-18-9-7-6-8-10-18/h18H,3-17H2,1-2H3,(H,24,25)(H2,21,22,23). The summed E-state index contributed by atoms with van der Waals surface area (Å²) in [5.41, 5.74) is 0. The number of ether oxygens (including phenoxy) is 2. The van der Waals surface area contributed by atoms with Gasteiger partial charge in [0, 0.05) is 32.2 Å². The zero-order valence-corrected chi connectivity index (χ0v) is 17.4. The Morgan fingerprint density at radius 2 is 1.74 bits per heavy atom. The first kappa shape index (κ1) is 23.7. The first-order chi connectivity index (χ1) is 13.3. The molecule has 0 spiro atoms. The first-order valence-corrected chi connectivity index (χ1v) is 10.7. The highest BCUT2D eigenvalue weighted by atomic mass is 16.5. The van der Waals surface area contributed by atoms with Crippen LogP contribution < -0.4 is 16.0 Å². The van der Waals surface area contributed by atoms with Gasteiger partial charge in [-0.05, 0) is 26.2 Å². The quantitative estimate of drug-likeness (QED) is 0.243. The molecule has 27 heavy (non-hydrogen) atoms. The average molecular weight is 385 g/mol. The SMILES string of the molecule is CCCCOCCOCCN=C(NCC)NCCC(=O)NC1CCCCC1. The van der Waals surface area contributed by atoms with Crippen molar-refractivity contribution >= 4 is 11.9 Å². The van der Waals surface area contributed by atoms with E-state index in [1.165, 1.54) is 19.3 Å². The first-order valence-electron chi connectivity index (χ1n) is 10.7. The third-order valence-corrected chi connectivity index (χ3v) is 4.48. The van der Waals surface area contributed by atoms with Crippen LogP contribution in [-0.2, 0) is 14.3 Å². The van der Waals surface area contributed by atoms with E-state index in [0.717, 1.165) is 44.8 Å². The summed E-state index contributed by atoms with van der Waals surface area (Å²) < 4.78 is 11.0. The number of nitrogens with one attached hydrogen (secondary N) is 3. The van der Waals surface area contributed by atoms with Crippen LogP contribution in [0.2, 0.25) is 0 Å². The van der Waals surface area contributed by atoms with Crippen molar-refractivity contribution in [3.8, 4) is 0 Å². The number of hydrogen-bond acceptors (Lipinski definition) is 4. The predicted octanol–water partition coefficient (Wildman–Crippen LogP) is 2.21. The van der Waals surface area contributed by atoms with E-state index in [-0.39, 0.29) is 5.91 Å². The second-order valence-corrected chi connectivity index (χ2v) is 6.92. The van der Waals surface area contributed by atoms with Gasteiger partial charge in [-0.3, -0.25) is 9.79 Å². The third-order valence-electron chi connectivity index (χ3n) is 4.48. The Hall–Kier alpha value is -1.34.